The van der Waals surface area contributed by atoms with Gasteiger partial charge in [0.1, 0.15) is 23.2 Å². The standard InChI is InChI=1S/C16H20F3N3O4/c1-15(2,3)26-14(25)22-8-7-21(9-10(22)13(23)24)12-6-4-5-11(20-12)16(17,18)19/h4-6,10H,7-9H2,1-3H3,(H,23,24)/t10-/m0/s1. The average molecular weight is 375 g/mol. The topological polar surface area (TPSA) is 83.0 Å². The third kappa shape index (κ3) is 4.77. The summed E-state index contributed by atoms with van der Waals surface area (Å²) in [6.07, 6.45) is -5.37. The lowest BCUT2D eigenvalue weighted by atomic mass is 10.1. The molecular weight excluding hydrogens is 355 g/mol. The fraction of sp³-hybridized carbons (Fsp3) is 0.562. The first-order valence-corrected chi connectivity index (χ1v) is 7.90. The number of rotatable bonds is 2. The molecule has 0 aromatic carbocycles. The number of alkyl halides is 3. The quantitative estimate of drug-likeness (QED) is 0.856. The van der Waals surface area contributed by atoms with Crippen molar-refractivity contribution in [2.45, 2.75) is 38.6 Å². The zero-order valence-corrected chi connectivity index (χ0v) is 14.6. The van der Waals surface area contributed by atoms with Gasteiger partial charge in [0.05, 0.1) is 6.54 Å². The zero-order valence-electron chi connectivity index (χ0n) is 14.6. The maximum Gasteiger partial charge on any atom is 0.433 e. The van der Waals surface area contributed by atoms with Crippen LogP contribution in [0.15, 0.2) is 18.2 Å². The van der Waals surface area contributed by atoms with E-state index < -0.39 is 35.6 Å². The molecule has 1 saturated heterocycles. The van der Waals surface area contributed by atoms with E-state index in [1.54, 1.807) is 20.8 Å². The number of amides is 1. The summed E-state index contributed by atoms with van der Waals surface area (Å²) in [5.74, 6) is -1.26. The summed E-state index contributed by atoms with van der Waals surface area (Å²) in [5.41, 5.74) is -1.85. The maximum atomic E-state index is 12.8. The molecule has 1 fully saturated rings. The molecule has 26 heavy (non-hydrogen) atoms. The summed E-state index contributed by atoms with van der Waals surface area (Å²) in [6.45, 7) is 4.90. The number of aliphatic carboxylic acids is 1. The Labute approximate surface area is 148 Å². The third-order valence-electron chi connectivity index (χ3n) is 3.64. The molecule has 0 spiro atoms. The first-order valence-electron chi connectivity index (χ1n) is 7.90. The summed E-state index contributed by atoms with van der Waals surface area (Å²) in [7, 11) is 0. The molecule has 0 aliphatic carbocycles. The van der Waals surface area contributed by atoms with Gasteiger partial charge in [-0.05, 0) is 32.9 Å². The van der Waals surface area contributed by atoms with Gasteiger partial charge < -0.3 is 14.7 Å². The molecule has 1 aromatic rings. The third-order valence-corrected chi connectivity index (χ3v) is 3.64. The van der Waals surface area contributed by atoms with Crippen molar-refractivity contribution in [2.24, 2.45) is 0 Å². The summed E-state index contributed by atoms with van der Waals surface area (Å²) in [4.78, 5) is 29.8. The van der Waals surface area contributed by atoms with E-state index >= 15 is 0 Å². The molecule has 1 atom stereocenters. The molecule has 2 heterocycles. The van der Waals surface area contributed by atoms with Crippen LogP contribution >= 0.6 is 0 Å². The van der Waals surface area contributed by atoms with Gasteiger partial charge in [-0.25, -0.2) is 14.6 Å². The van der Waals surface area contributed by atoms with Gasteiger partial charge in [0.2, 0.25) is 0 Å². The molecule has 1 aliphatic rings. The van der Waals surface area contributed by atoms with Crippen molar-refractivity contribution in [1.82, 2.24) is 9.88 Å². The van der Waals surface area contributed by atoms with Gasteiger partial charge >= 0.3 is 18.2 Å². The normalized spacial score (nSPS) is 18.6. The van der Waals surface area contributed by atoms with E-state index in [2.05, 4.69) is 4.98 Å². The van der Waals surface area contributed by atoms with Crippen molar-refractivity contribution >= 4 is 17.9 Å². The lowest BCUT2D eigenvalue weighted by molar-refractivity contribution is -0.143. The van der Waals surface area contributed by atoms with Crippen LogP contribution in [0.1, 0.15) is 26.5 Å². The second-order valence-electron chi connectivity index (χ2n) is 6.85. The van der Waals surface area contributed by atoms with Crippen molar-refractivity contribution in [3.8, 4) is 0 Å². The predicted molar refractivity (Wildman–Crippen MR) is 85.8 cm³/mol. The number of hydrogen-bond acceptors (Lipinski definition) is 5. The second-order valence-corrected chi connectivity index (χ2v) is 6.85. The van der Waals surface area contributed by atoms with E-state index in [9.17, 15) is 27.9 Å². The van der Waals surface area contributed by atoms with Crippen LogP contribution in [0.5, 0.6) is 0 Å². The number of nitrogens with zero attached hydrogens (tertiary/aromatic N) is 3. The SMILES string of the molecule is CC(C)(C)OC(=O)N1CCN(c2cccc(C(F)(F)F)n2)C[C@H]1C(=O)O. The van der Waals surface area contributed by atoms with Crippen LogP contribution in [-0.4, -0.2) is 58.3 Å². The molecule has 0 unspecified atom stereocenters. The molecule has 0 saturated carbocycles. The van der Waals surface area contributed by atoms with E-state index in [0.29, 0.717) is 0 Å². The Kier molecular flexibility index (Phi) is 5.33. The lowest BCUT2D eigenvalue weighted by Crippen LogP contribution is -2.59. The van der Waals surface area contributed by atoms with Crippen LogP contribution in [0.4, 0.5) is 23.8 Å². The van der Waals surface area contributed by atoms with Gasteiger partial charge in [-0.2, -0.15) is 13.2 Å². The Balaban J connectivity index is 2.20. The molecule has 1 aliphatic heterocycles. The van der Waals surface area contributed by atoms with Crippen LogP contribution in [-0.2, 0) is 15.7 Å². The Bertz CT molecular complexity index is 688. The van der Waals surface area contributed by atoms with Gasteiger partial charge in [0, 0.05) is 13.1 Å². The van der Waals surface area contributed by atoms with Crippen LogP contribution in [0.25, 0.3) is 0 Å². The fourth-order valence-electron chi connectivity index (χ4n) is 2.50. The number of anilines is 1. The molecule has 10 heteroatoms. The van der Waals surface area contributed by atoms with Crippen molar-refractivity contribution in [2.75, 3.05) is 24.5 Å². The van der Waals surface area contributed by atoms with E-state index in [4.69, 9.17) is 4.74 Å². The smallest absolute Gasteiger partial charge is 0.433 e. The van der Waals surface area contributed by atoms with Gasteiger partial charge in [0.15, 0.2) is 0 Å². The maximum absolute atomic E-state index is 12.8. The number of aromatic nitrogens is 1. The van der Waals surface area contributed by atoms with E-state index in [-0.39, 0.29) is 25.5 Å². The molecule has 7 nitrogen and oxygen atoms in total. The molecule has 2 rings (SSSR count). The first-order chi connectivity index (χ1) is 11.9. The minimum atomic E-state index is -4.60. The largest absolute Gasteiger partial charge is 0.480 e. The Morgan fingerprint density at radius 1 is 1.23 bits per heavy atom. The van der Waals surface area contributed by atoms with E-state index in [0.717, 1.165) is 11.0 Å². The number of carbonyl (C=O) groups excluding carboxylic acids is 1. The molecule has 0 radical (unpaired) electrons. The summed E-state index contributed by atoms with van der Waals surface area (Å²) < 4.78 is 43.7. The van der Waals surface area contributed by atoms with Crippen LogP contribution in [0, 0.1) is 0 Å². The number of carbonyl (C=O) groups is 2. The number of halogens is 3. The van der Waals surface area contributed by atoms with E-state index in [1.165, 1.54) is 17.0 Å². The average Bonchev–Trinajstić information content (AvgIpc) is 2.52. The zero-order chi connectivity index (χ0) is 19.7. The molecule has 144 valence electrons. The van der Waals surface area contributed by atoms with Crippen LogP contribution < -0.4 is 4.90 Å². The Morgan fingerprint density at radius 2 is 1.88 bits per heavy atom. The van der Waals surface area contributed by atoms with Crippen molar-refractivity contribution in [3.63, 3.8) is 0 Å². The van der Waals surface area contributed by atoms with Gasteiger partial charge in [0.25, 0.3) is 0 Å². The first kappa shape index (κ1) is 19.8. The lowest BCUT2D eigenvalue weighted by Gasteiger charge is -2.40. The molecule has 1 aromatic heterocycles. The number of carboxylic acid groups (broad SMARTS) is 1. The Hall–Kier alpha value is -2.52. The van der Waals surface area contributed by atoms with Crippen LogP contribution in [0.2, 0.25) is 0 Å². The van der Waals surface area contributed by atoms with E-state index in [1.807, 2.05) is 0 Å². The number of hydrogen-bond donors (Lipinski definition) is 1. The highest BCUT2D eigenvalue weighted by Crippen LogP contribution is 2.29. The number of ether oxygens (including phenoxy) is 1. The van der Waals surface area contributed by atoms with Gasteiger partial charge in [-0.15, -0.1) is 0 Å². The minimum Gasteiger partial charge on any atom is -0.480 e. The van der Waals surface area contributed by atoms with Gasteiger partial charge in [-0.3, -0.25) is 4.90 Å². The van der Waals surface area contributed by atoms with Crippen molar-refractivity contribution in [3.05, 3.63) is 23.9 Å². The number of pyridine rings is 1. The van der Waals surface area contributed by atoms with Crippen molar-refractivity contribution < 1.29 is 32.6 Å². The van der Waals surface area contributed by atoms with Gasteiger partial charge in [-0.1, -0.05) is 6.07 Å². The monoisotopic (exact) mass is 375 g/mol. The molecule has 1 amide bonds. The van der Waals surface area contributed by atoms with Crippen molar-refractivity contribution in [1.29, 1.82) is 0 Å². The Morgan fingerprint density at radius 3 is 2.42 bits per heavy atom. The predicted octanol–water partition coefficient (Wildman–Crippen LogP) is 2.61. The highest BCUT2D eigenvalue weighted by Gasteiger charge is 2.39. The fourth-order valence-corrected chi connectivity index (χ4v) is 2.50. The molecule has 0 bridgehead atoms. The molecule has 1 N–H and O–H groups in total. The number of piperazine rings is 1. The number of carboxylic acids is 1. The summed E-state index contributed by atoms with van der Waals surface area (Å²) in [5, 5.41) is 9.43. The highest BCUT2D eigenvalue weighted by atomic mass is 19.4. The summed E-state index contributed by atoms with van der Waals surface area (Å²) in [6, 6.07) is 2.17. The highest BCUT2D eigenvalue weighted by molar-refractivity contribution is 5.81. The van der Waals surface area contributed by atoms with Crippen LogP contribution in [0.3, 0.4) is 0 Å². The molecular formula is C16H20F3N3O4. The minimum absolute atomic E-state index is 0.00918. The summed E-state index contributed by atoms with van der Waals surface area (Å²) >= 11 is 0. The second kappa shape index (κ2) is 7.00.